The van der Waals surface area contributed by atoms with Gasteiger partial charge in [-0.15, -0.1) is 0 Å². The Bertz CT molecular complexity index is 729. The summed E-state index contributed by atoms with van der Waals surface area (Å²) in [6, 6.07) is 7.85. The molecule has 1 aliphatic heterocycles. The van der Waals surface area contributed by atoms with Gasteiger partial charge in [0.1, 0.15) is 11.6 Å². The molecule has 2 heterocycles. The van der Waals surface area contributed by atoms with Gasteiger partial charge in [-0.05, 0) is 31.0 Å². The molecule has 3 rings (SSSR count). The maximum absolute atomic E-state index is 12.7. The number of nitrogens with one attached hydrogen (secondary N) is 1. The Labute approximate surface area is 153 Å². The average molecular weight is 358 g/mol. The fourth-order valence-corrected chi connectivity index (χ4v) is 3.48. The molecule has 1 amide bonds. The van der Waals surface area contributed by atoms with Gasteiger partial charge in [-0.2, -0.15) is 5.10 Å². The number of aromatic amines is 1. The van der Waals surface area contributed by atoms with Crippen molar-refractivity contribution in [3.8, 4) is 5.75 Å². The molecule has 0 unspecified atom stereocenters. The van der Waals surface area contributed by atoms with Crippen LogP contribution >= 0.6 is 0 Å². The van der Waals surface area contributed by atoms with Gasteiger partial charge in [0, 0.05) is 38.5 Å². The molecule has 1 fully saturated rings. The summed E-state index contributed by atoms with van der Waals surface area (Å²) in [5, 5.41) is 7.19. The SMILES string of the molecule is COC[C@@H]1CN(C(=O)CCc2ccc(OC)cc2)C[C@H]1c1n[nH]c(C)n1. The van der Waals surface area contributed by atoms with Crippen LogP contribution < -0.4 is 4.74 Å². The zero-order valence-electron chi connectivity index (χ0n) is 15.6. The van der Waals surface area contributed by atoms with Gasteiger partial charge >= 0.3 is 0 Å². The Balaban J connectivity index is 1.60. The summed E-state index contributed by atoms with van der Waals surface area (Å²) < 4.78 is 10.5. The normalized spacial score (nSPS) is 19.7. The van der Waals surface area contributed by atoms with E-state index in [4.69, 9.17) is 9.47 Å². The fourth-order valence-electron chi connectivity index (χ4n) is 3.48. The number of carbonyl (C=O) groups is 1. The molecule has 7 heteroatoms. The van der Waals surface area contributed by atoms with E-state index >= 15 is 0 Å². The number of likely N-dealkylation sites (tertiary alicyclic amines) is 1. The highest BCUT2D eigenvalue weighted by molar-refractivity contribution is 5.77. The van der Waals surface area contributed by atoms with E-state index in [1.54, 1.807) is 14.2 Å². The summed E-state index contributed by atoms with van der Waals surface area (Å²) in [6.07, 6.45) is 1.21. The number of carbonyl (C=O) groups excluding carboxylic acids is 1. The Kier molecular flexibility index (Phi) is 5.88. The summed E-state index contributed by atoms with van der Waals surface area (Å²) in [6.45, 7) is 3.81. The molecule has 140 valence electrons. The maximum atomic E-state index is 12.7. The Hall–Kier alpha value is -2.41. The van der Waals surface area contributed by atoms with Gasteiger partial charge in [0.05, 0.1) is 13.7 Å². The van der Waals surface area contributed by atoms with Crippen LogP contribution in [0.4, 0.5) is 0 Å². The lowest BCUT2D eigenvalue weighted by Crippen LogP contribution is -2.29. The van der Waals surface area contributed by atoms with E-state index in [1.807, 2.05) is 36.1 Å². The number of benzene rings is 1. The Morgan fingerprint density at radius 2 is 2.04 bits per heavy atom. The summed E-state index contributed by atoms with van der Waals surface area (Å²) >= 11 is 0. The predicted octanol–water partition coefficient (Wildman–Crippen LogP) is 1.94. The van der Waals surface area contributed by atoms with E-state index in [2.05, 4.69) is 15.2 Å². The molecule has 1 aromatic carbocycles. The van der Waals surface area contributed by atoms with E-state index in [0.717, 1.165) is 29.4 Å². The first-order valence-corrected chi connectivity index (χ1v) is 8.89. The second-order valence-electron chi connectivity index (χ2n) is 6.75. The topological polar surface area (TPSA) is 80.3 Å². The first kappa shape index (κ1) is 18.4. The number of rotatable bonds is 7. The fraction of sp³-hybridized carbons (Fsp3) is 0.526. The molecule has 1 saturated heterocycles. The third-order valence-corrected chi connectivity index (χ3v) is 4.91. The molecule has 1 N–H and O–H groups in total. The molecule has 0 spiro atoms. The smallest absolute Gasteiger partial charge is 0.222 e. The molecule has 0 bridgehead atoms. The minimum absolute atomic E-state index is 0.116. The molecule has 26 heavy (non-hydrogen) atoms. The molecule has 2 aromatic rings. The number of amides is 1. The molecular formula is C19H26N4O3. The number of aromatic nitrogens is 3. The Morgan fingerprint density at radius 3 is 2.65 bits per heavy atom. The lowest BCUT2D eigenvalue weighted by atomic mass is 9.96. The largest absolute Gasteiger partial charge is 0.497 e. The van der Waals surface area contributed by atoms with Crippen molar-refractivity contribution >= 4 is 5.91 Å². The summed E-state index contributed by atoms with van der Waals surface area (Å²) in [5.41, 5.74) is 1.13. The highest BCUT2D eigenvalue weighted by Crippen LogP contribution is 2.31. The number of aryl methyl sites for hydroxylation is 2. The lowest BCUT2D eigenvalue weighted by molar-refractivity contribution is -0.130. The van der Waals surface area contributed by atoms with Crippen molar-refractivity contribution in [3.05, 3.63) is 41.5 Å². The van der Waals surface area contributed by atoms with Gasteiger partial charge in [-0.1, -0.05) is 12.1 Å². The van der Waals surface area contributed by atoms with Crippen molar-refractivity contribution in [2.24, 2.45) is 5.92 Å². The molecule has 0 saturated carbocycles. The number of nitrogens with zero attached hydrogens (tertiary/aromatic N) is 3. The number of hydrogen-bond acceptors (Lipinski definition) is 5. The van der Waals surface area contributed by atoms with Crippen LogP contribution in [-0.4, -0.2) is 59.9 Å². The second kappa shape index (κ2) is 8.31. The van der Waals surface area contributed by atoms with Gasteiger partial charge in [0.25, 0.3) is 0 Å². The molecule has 7 nitrogen and oxygen atoms in total. The summed E-state index contributed by atoms with van der Waals surface area (Å²) in [4.78, 5) is 19.1. The average Bonchev–Trinajstić information content (AvgIpc) is 3.26. The maximum Gasteiger partial charge on any atom is 0.222 e. The summed E-state index contributed by atoms with van der Waals surface area (Å²) in [7, 11) is 3.34. The highest BCUT2D eigenvalue weighted by atomic mass is 16.5. The minimum atomic E-state index is 0.116. The van der Waals surface area contributed by atoms with Gasteiger partial charge in [0.15, 0.2) is 5.82 Å². The Morgan fingerprint density at radius 1 is 1.27 bits per heavy atom. The van der Waals surface area contributed by atoms with Crippen LogP contribution in [0, 0.1) is 12.8 Å². The van der Waals surface area contributed by atoms with Crippen molar-refractivity contribution in [2.45, 2.75) is 25.7 Å². The van der Waals surface area contributed by atoms with Crippen LogP contribution in [0.3, 0.4) is 0 Å². The first-order valence-electron chi connectivity index (χ1n) is 8.89. The molecule has 1 aliphatic rings. The molecular weight excluding hydrogens is 332 g/mol. The van der Waals surface area contributed by atoms with Crippen LogP contribution in [-0.2, 0) is 16.0 Å². The van der Waals surface area contributed by atoms with Crippen LogP contribution in [0.5, 0.6) is 5.75 Å². The van der Waals surface area contributed by atoms with Crippen molar-refractivity contribution in [1.82, 2.24) is 20.1 Å². The number of H-pyrrole nitrogens is 1. The second-order valence-corrected chi connectivity index (χ2v) is 6.75. The van der Waals surface area contributed by atoms with E-state index in [9.17, 15) is 4.79 Å². The number of hydrogen-bond donors (Lipinski definition) is 1. The third kappa shape index (κ3) is 4.22. The van der Waals surface area contributed by atoms with Gasteiger partial charge in [-0.25, -0.2) is 4.98 Å². The van der Waals surface area contributed by atoms with Crippen LogP contribution in [0.15, 0.2) is 24.3 Å². The molecule has 1 aromatic heterocycles. The first-order chi connectivity index (χ1) is 12.6. The highest BCUT2D eigenvalue weighted by Gasteiger charge is 2.38. The van der Waals surface area contributed by atoms with Crippen molar-refractivity contribution in [2.75, 3.05) is 33.9 Å². The van der Waals surface area contributed by atoms with Gasteiger partial charge < -0.3 is 14.4 Å². The number of ether oxygens (including phenoxy) is 2. The van der Waals surface area contributed by atoms with Crippen molar-refractivity contribution < 1.29 is 14.3 Å². The van der Waals surface area contributed by atoms with E-state index < -0.39 is 0 Å². The summed E-state index contributed by atoms with van der Waals surface area (Å²) in [5.74, 6) is 2.89. The number of methoxy groups -OCH3 is 2. The zero-order chi connectivity index (χ0) is 18.5. The van der Waals surface area contributed by atoms with Crippen LogP contribution in [0.2, 0.25) is 0 Å². The van der Waals surface area contributed by atoms with Gasteiger partial charge in [-0.3, -0.25) is 9.89 Å². The zero-order valence-corrected chi connectivity index (χ0v) is 15.6. The van der Waals surface area contributed by atoms with Crippen LogP contribution in [0.1, 0.15) is 29.6 Å². The monoisotopic (exact) mass is 358 g/mol. The molecule has 0 radical (unpaired) electrons. The van der Waals surface area contributed by atoms with E-state index in [-0.39, 0.29) is 17.7 Å². The van der Waals surface area contributed by atoms with E-state index in [0.29, 0.717) is 26.1 Å². The minimum Gasteiger partial charge on any atom is -0.497 e. The lowest BCUT2D eigenvalue weighted by Gasteiger charge is -2.16. The standard InChI is InChI=1S/C19H26N4O3/c1-13-20-19(22-21-13)17-11-23(10-15(17)12-25-2)18(24)9-6-14-4-7-16(26-3)8-5-14/h4-5,7-8,15,17H,6,9-12H2,1-3H3,(H,20,21,22)/t15-,17+/m0/s1. The van der Waals surface area contributed by atoms with Crippen LogP contribution in [0.25, 0.3) is 0 Å². The van der Waals surface area contributed by atoms with Crippen molar-refractivity contribution in [1.29, 1.82) is 0 Å². The quantitative estimate of drug-likeness (QED) is 0.818. The van der Waals surface area contributed by atoms with Gasteiger partial charge in [0.2, 0.25) is 5.91 Å². The molecule has 0 aliphatic carbocycles. The van der Waals surface area contributed by atoms with Crippen molar-refractivity contribution in [3.63, 3.8) is 0 Å². The van der Waals surface area contributed by atoms with E-state index in [1.165, 1.54) is 0 Å². The molecule has 2 atom stereocenters. The third-order valence-electron chi connectivity index (χ3n) is 4.91. The predicted molar refractivity (Wildman–Crippen MR) is 97.1 cm³/mol.